The molecule has 1 aromatic carbocycles. The molecular formula is C17H24N2O3S. The number of hydrogen-bond donors (Lipinski definition) is 0. The summed E-state index contributed by atoms with van der Waals surface area (Å²) in [5.74, 6) is 1.87. The number of carbonyl (C=O) groups is 2. The Morgan fingerprint density at radius 3 is 2.39 bits per heavy atom. The fraction of sp³-hybridized carbons (Fsp3) is 0.529. The summed E-state index contributed by atoms with van der Waals surface area (Å²) in [5, 5.41) is 0. The van der Waals surface area contributed by atoms with Gasteiger partial charge in [-0.1, -0.05) is 0 Å². The van der Waals surface area contributed by atoms with Crippen LogP contribution in [0.25, 0.3) is 0 Å². The van der Waals surface area contributed by atoms with Crippen LogP contribution in [0.2, 0.25) is 0 Å². The molecule has 5 nitrogen and oxygen atoms in total. The molecule has 1 aromatic rings. The van der Waals surface area contributed by atoms with Crippen LogP contribution in [0, 0.1) is 0 Å². The highest BCUT2D eigenvalue weighted by Crippen LogP contribution is 2.22. The van der Waals surface area contributed by atoms with E-state index in [9.17, 15) is 9.59 Å². The molecule has 1 aliphatic heterocycles. The number of benzene rings is 1. The number of rotatable bonds is 5. The van der Waals surface area contributed by atoms with Crippen LogP contribution in [0.5, 0.6) is 5.75 Å². The van der Waals surface area contributed by atoms with Gasteiger partial charge in [0.05, 0.1) is 7.11 Å². The Bertz CT molecular complexity index is 533. The van der Waals surface area contributed by atoms with Crippen molar-refractivity contribution in [2.45, 2.75) is 24.7 Å². The monoisotopic (exact) mass is 336 g/mol. The van der Waals surface area contributed by atoms with Gasteiger partial charge in [-0.2, -0.15) is 0 Å². The minimum Gasteiger partial charge on any atom is -0.497 e. The summed E-state index contributed by atoms with van der Waals surface area (Å²) in [4.78, 5) is 28.6. The van der Waals surface area contributed by atoms with Gasteiger partial charge >= 0.3 is 0 Å². The van der Waals surface area contributed by atoms with E-state index in [-0.39, 0.29) is 11.8 Å². The maximum atomic E-state index is 12.3. The summed E-state index contributed by atoms with van der Waals surface area (Å²) in [6, 6.07) is 7.86. The molecule has 2 amide bonds. The first-order chi connectivity index (χ1) is 11.1. The molecule has 0 radical (unpaired) electrons. The van der Waals surface area contributed by atoms with E-state index in [4.69, 9.17) is 4.74 Å². The predicted molar refractivity (Wildman–Crippen MR) is 91.8 cm³/mol. The van der Waals surface area contributed by atoms with Crippen molar-refractivity contribution < 1.29 is 14.3 Å². The van der Waals surface area contributed by atoms with E-state index in [0.29, 0.717) is 19.5 Å². The first-order valence-corrected chi connectivity index (χ1v) is 8.89. The van der Waals surface area contributed by atoms with Crippen molar-refractivity contribution in [2.24, 2.45) is 0 Å². The lowest BCUT2D eigenvalue weighted by Crippen LogP contribution is -2.36. The standard InChI is InChI=1S/C17H24N2O3S/c1-14(20)18-9-3-10-19(12-11-18)17(21)8-13-23-16-6-4-15(22-2)5-7-16/h4-7H,3,8-13H2,1-2H3. The van der Waals surface area contributed by atoms with Gasteiger partial charge in [0.1, 0.15) is 5.75 Å². The van der Waals surface area contributed by atoms with E-state index in [2.05, 4.69) is 0 Å². The van der Waals surface area contributed by atoms with Crippen molar-refractivity contribution in [3.8, 4) is 5.75 Å². The normalized spacial score (nSPS) is 15.2. The summed E-state index contributed by atoms with van der Waals surface area (Å²) in [7, 11) is 1.65. The van der Waals surface area contributed by atoms with Crippen LogP contribution in [0.1, 0.15) is 19.8 Å². The summed E-state index contributed by atoms with van der Waals surface area (Å²) in [6.45, 7) is 4.37. The summed E-state index contributed by atoms with van der Waals surface area (Å²) < 4.78 is 5.13. The zero-order valence-electron chi connectivity index (χ0n) is 13.8. The molecular weight excluding hydrogens is 312 g/mol. The Hall–Kier alpha value is -1.69. The van der Waals surface area contributed by atoms with Crippen LogP contribution in [-0.2, 0) is 9.59 Å². The number of hydrogen-bond acceptors (Lipinski definition) is 4. The van der Waals surface area contributed by atoms with Gasteiger partial charge in [-0.3, -0.25) is 9.59 Å². The van der Waals surface area contributed by atoms with E-state index >= 15 is 0 Å². The molecule has 0 aromatic heterocycles. The third-order valence-electron chi connectivity index (χ3n) is 3.94. The van der Waals surface area contributed by atoms with Gasteiger partial charge in [0.2, 0.25) is 11.8 Å². The molecule has 0 saturated carbocycles. The number of thioether (sulfide) groups is 1. The van der Waals surface area contributed by atoms with Gasteiger partial charge in [-0.05, 0) is 30.7 Å². The van der Waals surface area contributed by atoms with Crippen LogP contribution < -0.4 is 4.74 Å². The van der Waals surface area contributed by atoms with E-state index in [0.717, 1.165) is 35.9 Å². The Morgan fingerprint density at radius 1 is 1.09 bits per heavy atom. The molecule has 0 atom stereocenters. The molecule has 23 heavy (non-hydrogen) atoms. The second-order valence-electron chi connectivity index (χ2n) is 5.51. The lowest BCUT2D eigenvalue weighted by atomic mass is 10.3. The van der Waals surface area contributed by atoms with Gasteiger partial charge in [0, 0.05) is 50.2 Å². The first-order valence-electron chi connectivity index (χ1n) is 7.90. The van der Waals surface area contributed by atoms with E-state index in [1.54, 1.807) is 25.8 Å². The molecule has 1 aliphatic rings. The molecule has 6 heteroatoms. The Kier molecular flexibility index (Phi) is 6.77. The second-order valence-corrected chi connectivity index (χ2v) is 6.68. The molecule has 126 valence electrons. The SMILES string of the molecule is COc1ccc(SCCC(=O)N2CCCN(C(C)=O)CC2)cc1. The molecule has 0 spiro atoms. The number of ether oxygens (including phenoxy) is 1. The molecule has 0 N–H and O–H groups in total. The lowest BCUT2D eigenvalue weighted by molar-refractivity contribution is -0.132. The third kappa shape index (κ3) is 5.46. The largest absolute Gasteiger partial charge is 0.497 e. The van der Waals surface area contributed by atoms with Crippen molar-refractivity contribution in [1.29, 1.82) is 0 Å². The average molecular weight is 336 g/mol. The quantitative estimate of drug-likeness (QED) is 0.774. The molecule has 0 aliphatic carbocycles. The minimum atomic E-state index is 0.0920. The van der Waals surface area contributed by atoms with Crippen molar-refractivity contribution in [1.82, 2.24) is 9.80 Å². The number of carbonyl (C=O) groups excluding carboxylic acids is 2. The first kappa shape index (κ1) is 17.7. The molecule has 0 bridgehead atoms. The van der Waals surface area contributed by atoms with E-state index < -0.39 is 0 Å². The maximum Gasteiger partial charge on any atom is 0.223 e. The summed E-state index contributed by atoms with van der Waals surface area (Å²) in [5.41, 5.74) is 0. The zero-order valence-corrected chi connectivity index (χ0v) is 14.6. The predicted octanol–water partition coefficient (Wildman–Crippen LogP) is 2.26. The van der Waals surface area contributed by atoms with E-state index in [1.165, 1.54) is 0 Å². The Balaban J connectivity index is 1.74. The highest BCUT2D eigenvalue weighted by Gasteiger charge is 2.19. The Morgan fingerprint density at radius 2 is 1.74 bits per heavy atom. The average Bonchev–Trinajstić information content (AvgIpc) is 2.81. The van der Waals surface area contributed by atoms with Gasteiger partial charge in [0.25, 0.3) is 0 Å². The van der Waals surface area contributed by atoms with Crippen molar-refractivity contribution in [2.75, 3.05) is 39.0 Å². The summed E-state index contributed by atoms with van der Waals surface area (Å²) >= 11 is 1.68. The molecule has 2 rings (SSSR count). The fourth-order valence-electron chi connectivity index (χ4n) is 2.57. The van der Waals surface area contributed by atoms with Crippen LogP contribution in [0.3, 0.4) is 0 Å². The van der Waals surface area contributed by atoms with Crippen molar-refractivity contribution in [3.05, 3.63) is 24.3 Å². The number of amides is 2. The smallest absolute Gasteiger partial charge is 0.223 e. The van der Waals surface area contributed by atoms with Crippen LogP contribution >= 0.6 is 11.8 Å². The van der Waals surface area contributed by atoms with Crippen molar-refractivity contribution in [3.63, 3.8) is 0 Å². The fourth-order valence-corrected chi connectivity index (χ4v) is 3.41. The topological polar surface area (TPSA) is 49.9 Å². The number of methoxy groups -OCH3 is 1. The van der Waals surface area contributed by atoms with Gasteiger partial charge in [-0.25, -0.2) is 0 Å². The molecule has 1 saturated heterocycles. The zero-order chi connectivity index (χ0) is 16.7. The molecule has 0 unspecified atom stereocenters. The maximum absolute atomic E-state index is 12.3. The van der Waals surface area contributed by atoms with E-state index in [1.807, 2.05) is 34.1 Å². The van der Waals surface area contributed by atoms with Crippen LogP contribution in [0.15, 0.2) is 29.2 Å². The van der Waals surface area contributed by atoms with Gasteiger partial charge < -0.3 is 14.5 Å². The van der Waals surface area contributed by atoms with Gasteiger partial charge in [-0.15, -0.1) is 11.8 Å². The van der Waals surface area contributed by atoms with Crippen LogP contribution in [-0.4, -0.2) is 60.7 Å². The second kappa shape index (κ2) is 8.82. The highest BCUT2D eigenvalue weighted by molar-refractivity contribution is 7.99. The lowest BCUT2D eigenvalue weighted by Gasteiger charge is -2.21. The minimum absolute atomic E-state index is 0.0920. The molecule has 1 heterocycles. The van der Waals surface area contributed by atoms with Gasteiger partial charge in [0.15, 0.2) is 0 Å². The molecule has 1 fully saturated rings. The third-order valence-corrected chi connectivity index (χ3v) is 4.95. The Labute approximate surface area is 142 Å². The van der Waals surface area contributed by atoms with Crippen molar-refractivity contribution >= 4 is 23.6 Å². The summed E-state index contributed by atoms with van der Waals surface area (Å²) in [6.07, 6.45) is 1.38. The highest BCUT2D eigenvalue weighted by atomic mass is 32.2. The van der Waals surface area contributed by atoms with Crippen LogP contribution in [0.4, 0.5) is 0 Å². The number of nitrogens with zero attached hydrogens (tertiary/aromatic N) is 2.